The summed E-state index contributed by atoms with van der Waals surface area (Å²) in [5, 5.41) is 9.46. The Morgan fingerprint density at radius 3 is 2.85 bits per heavy atom. The van der Waals surface area contributed by atoms with Gasteiger partial charge >= 0.3 is 0 Å². The SMILES string of the molecule is C[C@H]1C[C@@]2(CCN1Cc1cn(CC3(C(N)=O)CCOCC3)nn1)OCCc1ccc(Cl)cc12. The van der Waals surface area contributed by atoms with Crippen molar-refractivity contribution in [3.63, 3.8) is 0 Å². The van der Waals surface area contributed by atoms with Crippen LogP contribution in [0.25, 0.3) is 0 Å². The van der Waals surface area contributed by atoms with Gasteiger partial charge in [0.15, 0.2) is 0 Å². The standard InChI is InChI=1S/C24H32ClN5O3/c1-17-13-24(21-12-19(25)3-2-18(21)4-9-33-24)5-8-29(17)14-20-15-30(28-27-20)16-23(22(26)31)6-10-32-11-7-23/h2-3,12,15,17H,4-11,13-14,16H2,1H3,(H2,26,31)/t17-,24+/m0/s1. The van der Waals surface area contributed by atoms with E-state index in [1.807, 2.05) is 12.3 Å². The monoisotopic (exact) mass is 473 g/mol. The van der Waals surface area contributed by atoms with Crippen molar-refractivity contribution in [2.24, 2.45) is 11.1 Å². The second-order valence-corrected chi connectivity index (χ2v) is 10.3. The number of rotatable bonds is 5. The van der Waals surface area contributed by atoms with E-state index in [-0.39, 0.29) is 11.5 Å². The summed E-state index contributed by atoms with van der Waals surface area (Å²) in [5.74, 6) is -0.286. The number of benzene rings is 1. The van der Waals surface area contributed by atoms with E-state index in [1.54, 1.807) is 4.68 Å². The van der Waals surface area contributed by atoms with E-state index >= 15 is 0 Å². The molecule has 8 nitrogen and oxygen atoms in total. The van der Waals surface area contributed by atoms with Gasteiger partial charge in [-0.05, 0) is 62.3 Å². The normalized spacial score (nSPS) is 27.4. The highest BCUT2D eigenvalue weighted by molar-refractivity contribution is 6.30. The van der Waals surface area contributed by atoms with Gasteiger partial charge in [-0.1, -0.05) is 22.9 Å². The van der Waals surface area contributed by atoms with Gasteiger partial charge in [-0.15, -0.1) is 5.10 Å². The van der Waals surface area contributed by atoms with Crippen molar-refractivity contribution in [2.45, 2.75) is 63.8 Å². The molecule has 1 aromatic carbocycles. The lowest BCUT2D eigenvalue weighted by molar-refractivity contribution is -0.134. The van der Waals surface area contributed by atoms with Gasteiger partial charge in [0.1, 0.15) is 0 Å². The lowest BCUT2D eigenvalue weighted by Gasteiger charge is -2.48. The number of piperidine rings is 1. The van der Waals surface area contributed by atoms with Crippen LogP contribution in [0.3, 0.4) is 0 Å². The lowest BCUT2D eigenvalue weighted by atomic mass is 9.77. The number of carbonyl (C=O) groups excluding carboxylic acids is 1. The number of nitrogens with two attached hydrogens (primary N) is 1. The molecule has 0 saturated carbocycles. The van der Waals surface area contributed by atoms with E-state index < -0.39 is 5.41 Å². The number of hydrogen-bond acceptors (Lipinski definition) is 6. The van der Waals surface area contributed by atoms with Crippen molar-refractivity contribution in [1.29, 1.82) is 0 Å². The first-order chi connectivity index (χ1) is 15.9. The number of nitrogens with zero attached hydrogens (tertiary/aromatic N) is 4. The van der Waals surface area contributed by atoms with Crippen LogP contribution in [0, 0.1) is 5.41 Å². The van der Waals surface area contributed by atoms with E-state index in [4.69, 9.17) is 26.8 Å². The number of amides is 1. The summed E-state index contributed by atoms with van der Waals surface area (Å²) in [7, 11) is 0. The number of likely N-dealkylation sites (tertiary alicyclic amines) is 1. The van der Waals surface area contributed by atoms with Gasteiger partial charge in [0.25, 0.3) is 0 Å². The van der Waals surface area contributed by atoms with Crippen LogP contribution in [0.15, 0.2) is 24.4 Å². The first-order valence-corrected chi connectivity index (χ1v) is 12.2. The van der Waals surface area contributed by atoms with Crippen molar-refractivity contribution >= 4 is 17.5 Å². The Balaban J connectivity index is 1.26. The maximum atomic E-state index is 12.2. The Morgan fingerprint density at radius 2 is 2.09 bits per heavy atom. The molecule has 178 valence electrons. The minimum Gasteiger partial charge on any atom is -0.381 e. The molecule has 1 spiro atoms. The van der Waals surface area contributed by atoms with Gasteiger partial charge in [-0.25, -0.2) is 0 Å². The zero-order valence-corrected chi connectivity index (χ0v) is 19.9. The highest BCUT2D eigenvalue weighted by Gasteiger charge is 2.44. The number of hydrogen-bond donors (Lipinski definition) is 1. The molecule has 0 aliphatic carbocycles. The largest absolute Gasteiger partial charge is 0.381 e. The number of carbonyl (C=O) groups is 1. The van der Waals surface area contributed by atoms with E-state index in [2.05, 4.69) is 34.3 Å². The van der Waals surface area contributed by atoms with Crippen LogP contribution in [0.5, 0.6) is 0 Å². The molecule has 3 aliphatic heterocycles. The summed E-state index contributed by atoms with van der Waals surface area (Å²) in [6.45, 7) is 6.17. The quantitative estimate of drug-likeness (QED) is 0.717. The summed E-state index contributed by atoms with van der Waals surface area (Å²) < 4.78 is 13.6. The van der Waals surface area contributed by atoms with Crippen LogP contribution in [0.1, 0.15) is 49.4 Å². The number of aromatic nitrogens is 3. The minimum atomic E-state index is -0.610. The third-order valence-electron chi connectivity index (χ3n) is 7.75. The van der Waals surface area contributed by atoms with E-state index in [1.165, 1.54) is 11.1 Å². The maximum absolute atomic E-state index is 12.2. The third kappa shape index (κ3) is 4.41. The second kappa shape index (κ2) is 8.98. The molecule has 2 N–H and O–H groups in total. The lowest BCUT2D eigenvalue weighted by Crippen LogP contribution is -2.50. The van der Waals surface area contributed by atoms with Crippen LogP contribution in [0.2, 0.25) is 5.02 Å². The summed E-state index contributed by atoms with van der Waals surface area (Å²) >= 11 is 6.33. The summed E-state index contributed by atoms with van der Waals surface area (Å²) in [6, 6.07) is 6.54. The summed E-state index contributed by atoms with van der Waals surface area (Å²) in [5.41, 5.74) is 8.39. The van der Waals surface area contributed by atoms with Gasteiger partial charge in [-0.3, -0.25) is 14.4 Å². The molecule has 5 rings (SSSR count). The first kappa shape index (κ1) is 22.8. The van der Waals surface area contributed by atoms with Gasteiger partial charge in [0.2, 0.25) is 5.91 Å². The highest BCUT2D eigenvalue weighted by Crippen LogP contribution is 2.44. The molecule has 0 unspecified atom stereocenters. The fourth-order valence-corrected chi connectivity index (χ4v) is 5.91. The zero-order chi connectivity index (χ0) is 23.1. The molecular weight excluding hydrogens is 442 g/mol. The summed E-state index contributed by atoms with van der Waals surface area (Å²) in [4.78, 5) is 14.6. The van der Waals surface area contributed by atoms with E-state index in [0.29, 0.717) is 45.2 Å². The Kier molecular flexibility index (Phi) is 6.20. The molecule has 4 heterocycles. The third-order valence-corrected chi connectivity index (χ3v) is 7.99. The van der Waals surface area contributed by atoms with Crippen molar-refractivity contribution in [3.05, 3.63) is 46.2 Å². The Morgan fingerprint density at radius 1 is 1.27 bits per heavy atom. The molecule has 3 aliphatic rings. The molecule has 2 saturated heterocycles. The molecule has 33 heavy (non-hydrogen) atoms. The van der Waals surface area contributed by atoms with Crippen molar-refractivity contribution in [2.75, 3.05) is 26.4 Å². The molecule has 9 heteroatoms. The van der Waals surface area contributed by atoms with Crippen LogP contribution in [-0.2, 0) is 39.4 Å². The van der Waals surface area contributed by atoms with E-state index in [0.717, 1.165) is 43.1 Å². The number of halogens is 1. The number of fused-ring (bicyclic) bond motifs is 2. The molecule has 2 aromatic rings. The van der Waals surface area contributed by atoms with Gasteiger partial charge in [0.05, 0.1) is 29.9 Å². The molecule has 1 amide bonds. The maximum Gasteiger partial charge on any atom is 0.225 e. The Hall–Kier alpha value is -2.00. The molecule has 2 fully saturated rings. The van der Waals surface area contributed by atoms with Crippen molar-refractivity contribution in [1.82, 2.24) is 19.9 Å². The van der Waals surface area contributed by atoms with Gasteiger partial charge in [-0.2, -0.15) is 0 Å². The van der Waals surface area contributed by atoms with Crippen LogP contribution < -0.4 is 5.73 Å². The Bertz CT molecular complexity index is 1020. The fourth-order valence-electron chi connectivity index (χ4n) is 5.74. The molecular formula is C24H32ClN5O3. The first-order valence-electron chi connectivity index (χ1n) is 11.8. The van der Waals surface area contributed by atoms with Crippen LogP contribution in [-0.4, -0.2) is 58.2 Å². The van der Waals surface area contributed by atoms with Crippen molar-refractivity contribution < 1.29 is 14.3 Å². The predicted octanol–water partition coefficient (Wildman–Crippen LogP) is 2.67. The average molecular weight is 474 g/mol. The molecule has 0 radical (unpaired) electrons. The number of ether oxygens (including phenoxy) is 2. The van der Waals surface area contributed by atoms with Crippen LogP contribution >= 0.6 is 11.6 Å². The van der Waals surface area contributed by atoms with Gasteiger partial charge in [0, 0.05) is 43.6 Å². The Labute approximate surface area is 199 Å². The van der Waals surface area contributed by atoms with E-state index in [9.17, 15) is 4.79 Å². The molecule has 2 atom stereocenters. The van der Waals surface area contributed by atoms with Gasteiger partial charge < -0.3 is 15.2 Å². The molecule has 1 aromatic heterocycles. The average Bonchev–Trinajstić information content (AvgIpc) is 3.23. The second-order valence-electron chi connectivity index (χ2n) is 9.83. The fraction of sp³-hybridized carbons (Fsp3) is 0.625. The van der Waals surface area contributed by atoms with Crippen molar-refractivity contribution in [3.8, 4) is 0 Å². The zero-order valence-electron chi connectivity index (χ0n) is 19.1. The molecule has 0 bridgehead atoms. The highest BCUT2D eigenvalue weighted by atomic mass is 35.5. The number of primary amides is 1. The predicted molar refractivity (Wildman–Crippen MR) is 124 cm³/mol. The topological polar surface area (TPSA) is 95.5 Å². The smallest absolute Gasteiger partial charge is 0.225 e. The van der Waals surface area contributed by atoms with Crippen LogP contribution in [0.4, 0.5) is 0 Å². The summed E-state index contributed by atoms with van der Waals surface area (Å²) in [6.07, 6.45) is 5.96. The minimum absolute atomic E-state index is 0.261.